The van der Waals surface area contributed by atoms with Gasteiger partial charge in [0, 0.05) is 23.1 Å². The first-order valence-electron chi connectivity index (χ1n) is 10.7. The van der Waals surface area contributed by atoms with Crippen LogP contribution in [0.15, 0.2) is 4.58 Å². The molecule has 0 aliphatic heterocycles. The largest absolute Gasteiger partial charge is 0.480 e. The molecular weight excluding hydrogens is 362 g/mol. The van der Waals surface area contributed by atoms with E-state index in [1.807, 2.05) is 0 Å². The van der Waals surface area contributed by atoms with E-state index in [0.29, 0.717) is 0 Å². The van der Waals surface area contributed by atoms with E-state index >= 15 is 0 Å². The zero-order valence-corrected chi connectivity index (χ0v) is 18.4. The second-order valence-corrected chi connectivity index (χ2v) is 9.24. The molecule has 0 spiro atoms. The van der Waals surface area contributed by atoms with E-state index in [1.54, 1.807) is 13.8 Å². The van der Waals surface area contributed by atoms with Gasteiger partial charge in [0.05, 0.1) is 4.75 Å². The van der Waals surface area contributed by atoms with Crippen LogP contribution < -0.4 is 10.9 Å². The van der Waals surface area contributed by atoms with E-state index in [0.717, 1.165) is 31.3 Å². The number of unbranched alkanes of at least 4 members (excludes halogenated alkanes) is 12. The fourth-order valence-corrected chi connectivity index (χ4v) is 3.54. The summed E-state index contributed by atoms with van der Waals surface area (Å²) in [6, 6.07) is -0.873. The van der Waals surface area contributed by atoms with E-state index in [-0.39, 0.29) is 0 Å². The smallest absolute Gasteiger partial charge is 0.323 e. The quantitative estimate of drug-likeness (QED) is 0.103. The van der Waals surface area contributed by atoms with Gasteiger partial charge >= 0.3 is 5.97 Å². The Morgan fingerprint density at radius 3 is 1.78 bits per heavy atom. The number of nitrogens with zero attached hydrogens (tertiary/aromatic N) is 1. The number of carbonyl (C=O) groups is 1. The Morgan fingerprint density at radius 1 is 0.926 bits per heavy atom. The lowest BCUT2D eigenvalue weighted by Crippen LogP contribution is -2.55. The van der Waals surface area contributed by atoms with Crippen LogP contribution >= 0.6 is 11.9 Å². The molecule has 6 nitrogen and oxygen atoms in total. The van der Waals surface area contributed by atoms with Crippen molar-refractivity contribution in [3.05, 3.63) is 4.91 Å². The Bertz CT molecular complexity index is 381. The van der Waals surface area contributed by atoms with E-state index in [4.69, 9.17) is 0 Å². The number of hydrazine groups is 1. The monoisotopic (exact) mass is 403 g/mol. The Hall–Kier alpha value is -0.660. The summed E-state index contributed by atoms with van der Waals surface area (Å²) >= 11 is 0.744. The maximum atomic E-state index is 11.3. The summed E-state index contributed by atoms with van der Waals surface area (Å²) in [7, 11) is 0. The van der Waals surface area contributed by atoms with Crippen molar-refractivity contribution in [1.29, 1.82) is 0 Å². The van der Waals surface area contributed by atoms with Crippen LogP contribution in [0.3, 0.4) is 0 Å². The molecule has 160 valence electrons. The van der Waals surface area contributed by atoms with Crippen molar-refractivity contribution in [2.24, 2.45) is 4.58 Å². The van der Waals surface area contributed by atoms with Crippen molar-refractivity contribution < 1.29 is 9.90 Å². The van der Waals surface area contributed by atoms with Crippen LogP contribution in [-0.4, -0.2) is 28.4 Å². The number of carboxylic acid groups (broad SMARTS) is 1. The van der Waals surface area contributed by atoms with Crippen LogP contribution in [0.2, 0.25) is 0 Å². The van der Waals surface area contributed by atoms with Crippen LogP contribution in [-0.2, 0) is 4.79 Å². The van der Waals surface area contributed by atoms with Crippen LogP contribution in [0.4, 0.5) is 0 Å². The highest BCUT2D eigenvalue weighted by atomic mass is 32.2. The van der Waals surface area contributed by atoms with Gasteiger partial charge in [-0.15, -0.1) is 4.91 Å². The molecule has 0 aromatic carbocycles. The Labute approximate surface area is 170 Å². The standard InChI is InChI=1S/C20H41N3O3S/c1-4-5-6-7-8-9-10-11-12-13-14-15-16-17-21-22-18(19(24)25)20(2,3)27-23-26/h18,21-22H,4-17H2,1-3H3,(H,24,25)/t18-/m1/s1. The molecule has 0 unspecified atom stereocenters. The third-order valence-electron chi connectivity index (χ3n) is 4.87. The zero-order valence-electron chi connectivity index (χ0n) is 17.6. The van der Waals surface area contributed by atoms with Gasteiger partial charge in [-0.3, -0.25) is 10.2 Å². The van der Waals surface area contributed by atoms with Crippen molar-refractivity contribution in [1.82, 2.24) is 10.9 Å². The first kappa shape index (κ1) is 26.3. The fraction of sp³-hybridized carbons (Fsp3) is 0.950. The predicted octanol–water partition coefficient (Wildman–Crippen LogP) is 5.82. The topological polar surface area (TPSA) is 90.8 Å². The van der Waals surface area contributed by atoms with Gasteiger partial charge in [0.2, 0.25) is 0 Å². The molecule has 0 rings (SSSR count). The van der Waals surface area contributed by atoms with Crippen molar-refractivity contribution >= 4 is 17.9 Å². The molecule has 0 amide bonds. The minimum atomic E-state index is -0.992. The lowest BCUT2D eigenvalue weighted by molar-refractivity contribution is -0.140. The van der Waals surface area contributed by atoms with Gasteiger partial charge in [-0.1, -0.05) is 84.0 Å². The molecule has 0 fully saturated rings. The van der Waals surface area contributed by atoms with Crippen molar-refractivity contribution in [2.45, 2.75) is 115 Å². The summed E-state index contributed by atoms with van der Waals surface area (Å²) in [5.41, 5.74) is 5.80. The molecule has 0 aromatic rings. The van der Waals surface area contributed by atoms with Gasteiger partial charge in [0.15, 0.2) is 0 Å². The molecule has 0 saturated carbocycles. The third kappa shape index (κ3) is 15.0. The molecular formula is C20H41N3O3S. The average molecular weight is 404 g/mol. The third-order valence-corrected chi connectivity index (χ3v) is 5.65. The minimum Gasteiger partial charge on any atom is -0.480 e. The molecule has 0 heterocycles. The van der Waals surface area contributed by atoms with Crippen molar-refractivity contribution in [3.63, 3.8) is 0 Å². The highest BCUT2D eigenvalue weighted by Gasteiger charge is 2.36. The van der Waals surface area contributed by atoms with Gasteiger partial charge < -0.3 is 5.11 Å². The summed E-state index contributed by atoms with van der Waals surface area (Å²) in [6.07, 6.45) is 17.0. The van der Waals surface area contributed by atoms with E-state index < -0.39 is 16.8 Å². The average Bonchev–Trinajstić information content (AvgIpc) is 2.60. The second-order valence-electron chi connectivity index (χ2n) is 7.85. The number of carboxylic acids is 1. The first-order chi connectivity index (χ1) is 13.0. The SMILES string of the molecule is CCCCCCCCCCCCCCCNN[C@H](C(=O)O)C(C)(C)SN=O. The molecule has 0 aromatic heterocycles. The molecule has 0 aliphatic rings. The van der Waals surface area contributed by atoms with Crippen LogP contribution in [0.25, 0.3) is 0 Å². The molecule has 3 N–H and O–H groups in total. The summed E-state index contributed by atoms with van der Waals surface area (Å²) in [5.74, 6) is -0.992. The van der Waals surface area contributed by atoms with Gasteiger partial charge in [-0.25, -0.2) is 5.43 Å². The minimum absolute atomic E-state index is 0.719. The van der Waals surface area contributed by atoms with E-state index in [1.165, 1.54) is 70.6 Å². The Balaban J connectivity index is 3.50. The van der Waals surface area contributed by atoms with E-state index in [9.17, 15) is 14.8 Å². The summed E-state index contributed by atoms with van der Waals surface area (Å²) in [6.45, 7) is 6.36. The Kier molecular flexibility index (Phi) is 17.0. The Morgan fingerprint density at radius 2 is 1.37 bits per heavy atom. The number of hydrogen-bond donors (Lipinski definition) is 3. The molecule has 0 saturated heterocycles. The molecule has 0 bridgehead atoms. The highest BCUT2D eigenvalue weighted by Crippen LogP contribution is 2.28. The van der Waals surface area contributed by atoms with Gasteiger partial charge in [-0.05, 0) is 20.3 Å². The molecule has 1 atom stereocenters. The van der Waals surface area contributed by atoms with E-state index in [2.05, 4.69) is 22.4 Å². The van der Waals surface area contributed by atoms with Crippen molar-refractivity contribution in [2.75, 3.05) is 6.54 Å². The first-order valence-corrected chi connectivity index (χ1v) is 11.4. The number of hydrogen-bond acceptors (Lipinski definition) is 6. The maximum absolute atomic E-state index is 11.3. The van der Waals surface area contributed by atoms with Gasteiger partial charge in [0.25, 0.3) is 0 Å². The molecule has 7 heteroatoms. The summed E-state index contributed by atoms with van der Waals surface area (Å²) < 4.78 is 1.96. The number of aliphatic carboxylic acids is 1. The van der Waals surface area contributed by atoms with Gasteiger partial charge in [0.1, 0.15) is 6.04 Å². The fourth-order valence-electron chi connectivity index (χ4n) is 3.09. The molecule has 0 aliphatic carbocycles. The lowest BCUT2D eigenvalue weighted by atomic mass is 10.0. The maximum Gasteiger partial charge on any atom is 0.323 e. The summed E-state index contributed by atoms with van der Waals surface area (Å²) in [5, 5.41) is 9.29. The summed E-state index contributed by atoms with van der Waals surface area (Å²) in [4.78, 5) is 21.8. The lowest BCUT2D eigenvalue weighted by Gasteiger charge is -2.28. The number of nitrogens with one attached hydrogen (secondary N) is 2. The highest BCUT2D eigenvalue weighted by molar-refractivity contribution is 7.99. The van der Waals surface area contributed by atoms with Crippen LogP contribution in [0.5, 0.6) is 0 Å². The molecule has 0 radical (unpaired) electrons. The number of rotatable bonds is 20. The number of nitroso groups, excluding NO2 is 1. The zero-order chi connectivity index (χ0) is 20.4. The van der Waals surface area contributed by atoms with Gasteiger partial charge in [-0.2, -0.15) is 0 Å². The normalized spacial score (nSPS) is 12.9. The molecule has 27 heavy (non-hydrogen) atoms. The van der Waals surface area contributed by atoms with Crippen LogP contribution in [0.1, 0.15) is 104 Å². The predicted molar refractivity (Wildman–Crippen MR) is 116 cm³/mol. The second kappa shape index (κ2) is 17.4. The van der Waals surface area contributed by atoms with Crippen LogP contribution in [0, 0.1) is 4.91 Å². The van der Waals surface area contributed by atoms with Crippen molar-refractivity contribution in [3.8, 4) is 0 Å².